The highest BCUT2D eigenvalue weighted by Crippen LogP contribution is 2.27. The second-order valence-corrected chi connectivity index (χ2v) is 8.37. The third-order valence-electron chi connectivity index (χ3n) is 3.17. The first-order valence-corrected chi connectivity index (χ1v) is 10.8. The van der Waals surface area contributed by atoms with Gasteiger partial charge >= 0.3 is 0 Å². The van der Waals surface area contributed by atoms with Crippen LogP contribution < -0.4 is 10.1 Å². The summed E-state index contributed by atoms with van der Waals surface area (Å²) in [6.07, 6.45) is 1.06. The number of ether oxygens (including phenoxy) is 1. The van der Waals surface area contributed by atoms with E-state index in [9.17, 15) is 4.79 Å². The van der Waals surface area contributed by atoms with Crippen molar-refractivity contribution in [1.29, 1.82) is 0 Å². The molecule has 0 spiro atoms. The fourth-order valence-electron chi connectivity index (χ4n) is 2.02. The van der Waals surface area contributed by atoms with Crippen molar-refractivity contribution in [2.24, 2.45) is 0 Å². The highest BCUT2D eigenvalue weighted by atomic mass is 32.2. The van der Waals surface area contributed by atoms with Crippen LogP contribution in [0.4, 0.5) is 5.13 Å². The number of carbonyl (C=O) groups excluding carboxylic acids is 1. The van der Waals surface area contributed by atoms with Crippen LogP contribution in [0.1, 0.15) is 13.3 Å². The Labute approximate surface area is 168 Å². The van der Waals surface area contributed by atoms with Gasteiger partial charge in [-0.15, -0.1) is 15.3 Å². The predicted molar refractivity (Wildman–Crippen MR) is 106 cm³/mol. The Balaban J connectivity index is 1.60. The molecule has 142 valence electrons. The predicted octanol–water partition coefficient (Wildman–Crippen LogP) is 2.76. The van der Waals surface area contributed by atoms with Crippen molar-refractivity contribution in [3.8, 4) is 11.4 Å². The number of hydrogen-bond acceptors (Lipinski definition) is 10. The van der Waals surface area contributed by atoms with Crippen molar-refractivity contribution < 1.29 is 9.53 Å². The van der Waals surface area contributed by atoms with Gasteiger partial charge in [0.2, 0.25) is 16.2 Å². The van der Waals surface area contributed by atoms with Crippen molar-refractivity contribution in [2.45, 2.75) is 22.8 Å². The van der Waals surface area contributed by atoms with Crippen LogP contribution >= 0.6 is 34.9 Å². The molecule has 1 amide bonds. The van der Waals surface area contributed by atoms with Crippen molar-refractivity contribution >= 4 is 45.9 Å². The molecule has 3 aromatic rings. The summed E-state index contributed by atoms with van der Waals surface area (Å²) in [6.45, 7) is 2.10. The zero-order chi connectivity index (χ0) is 19.1. The second kappa shape index (κ2) is 9.67. The molecule has 1 N–H and O–H groups in total. The first-order valence-electron chi connectivity index (χ1n) is 8.02. The molecule has 0 atom stereocenters. The summed E-state index contributed by atoms with van der Waals surface area (Å²) in [5.41, 5.74) is 0.703. The number of benzene rings is 1. The summed E-state index contributed by atoms with van der Waals surface area (Å²) >= 11 is 4.22. The number of rotatable bonds is 9. The molecular weight excluding hydrogens is 406 g/mol. The van der Waals surface area contributed by atoms with Crippen LogP contribution in [0.15, 0.2) is 33.8 Å². The standard InChI is InChI=1S/C15H17N7O2S3/c1-3-8-25-15-19-17-13(27-15)16-12(23)9-26-14-18-20-21-22(14)10-6-4-5-7-11(10)24-2/h4-7H,3,8-9H2,1-2H3,(H,16,17,23). The van der Waals surface area contributed by atoms with E-state index in [1.54, 1.807) is 23.6 Å². The zero-order valence-electron chi connectivity index (χ0n) is 14.7. The summed E-state index contributed by atoms with van der Waals surface area (Å²) in [5.74, 6) is 1.57. The SMILES string of the molecule is CCCSc1nnc(NC(=O)CSc2nnnn2-c2ccccc2OC)s1. The largest absolute Gasteiger partial charge is 0.494 e. The minimum absolute atomic E-state index is 0.145. The topological polar surface area (TPSA) is 108 Å². The summed E-state index contributed by atoms with van der Waals surface area (Å²) in [4.78, 5) is 12.2. The molecule has 3 rings (SSSR count). The third kappa shape index (κ3) is 5.17. The Morgan fingerprint density at radius 3 is 2.93 bits per heavy atom. The number of methoxy groups -OCH3 is 1. The second-order valence-electron chi connectivity index (χ2n) is 5.10. The summed E-state index contributed by atoms with van der Waals surface area (Å²) in [5, 5.41) is 23.4. The normalized spacial score (nSPS) is 10.7. The quantitative estimate of drug-likeness (QED) is 0.410. The van der Waals surface area contributed by atoms with Crippen LogP contribution in [-0.4, -0.2) is 54.9 Å². The van der Waals surface area contributed by atoms with Gasteiger partial charge in [-0.3, -0.25) is 10.1 Å². The van der Waals surface area contributed by atoms with Gasteiger partial charge in [0, 0.05) is 5.75 Å². The molecule has 0 aliphatic heterocycles. The Morgan fingerprint density at radius 2 is 2.11 bits per heavy atom. The molecule has 12 heteroatoms. The van der Waals surface area contributed by atoms with Gasteiger partial charge in [-0.25, -0.2) is 0 Å². The number of para-hydroxylation sites is 2. The number of nitrogens with zero attached hydrogens (tertiary/aromatic N) is 6. The lowest BCUT2D eigenvalue weighted by atomic mass is 10.3. The number of carbonyl (C=O) groups is 1. The Bertz CT molecular complexity index is 899. The fourth-order valence-corrected chi connectivity index (χ4v) is 4.40. The van der Waals surface area contributed by atoms with Gasteiger partial charge < -0.3 is 4.74 Å². The Hall–Kier alpha value is -2.18. The summed E-state index contributed by atoms with van der Waals surface area (Å²) in [6, 6.07) is 7.39. The maximum Gasteiger partial charge on any atom is 0.236 e. The van der Waals surface area contributed by atoms with Crippen LogP contribution in [0.25, 0.3) is 5.69 Å². The molecule has 2 heterocycles. The van der Waals surface area contributed by atoms with Crippen molar-refractivity contribution in [2.75, 3.05) is 23.9 Å². The molecule has 9 nitrogen and oxygen atoms in total. The van der Waals surface area contributed by atoms with E-state index < -0.39 is 0 Å². The molecule has 0 fully saturated rings. The first kappa shape index (κ1) is 19.6. The van der Waals surface area contributed by atoms with Crippen LogP contribution in [-0.2, 0) is 4.79 Å². The molecule has 0 aliphatic carbocycles. The lowest BCUT2D eigenvalue weighted by molar-refractivity contribution is -0.113. The first-order chi connectivity index (χ1) is 13.2. The maximum absolute atomic E-state index is 12.2. The van der Waals surface area contributed by atoms with Gasteiger partial charge in [0.15, 0.2) is 4.34 Å². The molecule has 2 aromatic heterocycles. The highest BCUT2D eigenvalue weighted by Gasteiger charge is 2.15. The smallest absolute Gasteiger partial charge is 0.236 e. The lowest BCUT2D eigenvalue weighted by Gasteiger charge is -2.08. The molecule has 0 saturated heterocycles. The molecular formula is C15H17N7O2S3. The van der Waals surface area contributed by atoms with Crippen molar-refractivity contribution in [3.05, 3.63) is 24.3 Å². The number of anilines is 1. The maximum atomic E-state index is 12.2. The van der Waals surface area contributed by atoms with Gasteiger partial charge in [0.25, 0.3) is 0 Å². The van der Waals surface area contributed by atoms with E-state index in [2.05, 4.69) is 38.0 Å². The number of tetrazole rings is 1. The highest BCUT2D eigenvalue weighted by molar-refractivity contribution is 8.01. The van der Waals surface area contributed by atoms with E-state index in [0.29, 0.717) is 21.7 Å². The molecule has 27 heavy (non-hydrogen) atoms. The third-order valence-corrected chi connectivity index (χ3v) is 6.27. The minimum Gasteiger partial charge on any atom is -0.494 e. The molecule has 0 unspecified atom stereocenters. The van der Waals surface area contributed by atoms with Crippen LogP contribution in [0.5, 0.6) is 5.75 Å². The molecule has 0 saturated carbocycles. The summed E-state index contributed by atoms with van der Waals surface area (Å²) < 4.78 is 7.73. The molecule has 0 aliphatic rings. The van der Waals surface area contributed by atoms with Crippen molar-refractivity contribution in [1.82, 2.24) is 30.4 Å². The van der Waals surface area contributed by atoms with E-state index in [1.807, 2.05) is 24.3 Å². The van der Waals surface area contributed by atoms with Crippen LogP contribution in [0, 0.1) is 0 Å². The minimum atomic E-state index is -0.197. The average molecular weight is 424 g/mol. The van der Waals surface area contributed by atoms with E-state index in [-0.39, 0.29) is 11.7 Å². The van der Waals surface area contributed by atoms with Gasteiger partial charge in [0.1, 0.15) is 11.4 Å². The van der Waals surface area contributed by atoms with Gasteiger partial charge in [-0.1, -0.05) is 53.9 Å². The Kier molecular flexibility index (Phi) is 7.01. The number of amides is 1. The van der Waals surface area contributed by atoms with E-state index in [1.165, 1.54) is 23.1 Å². The number of nitrogens with one attached hydrogen (secondary N) is 1. The summed E-state index contributed by atoms with van der Waals surface area (Å²) in [7, 11) is 1.58. The van der Waals surface area contributed by atoms with Crippen LogP contribution in [0.2, 0.25) is 0 Å². The lowest BCUT2D eigenvalue weighted by Crippen LogP contribution is -2.14. The van der Waals surface area contributed by atoms with Crippen molar-refractivity contribution in [3.63, 3.8) is 0 Å². The van der Waals surface area contributed by atoms with E-state index >= 15 is 0 Å². The van der Waals surface area contributed by atoms with Gasteiger partial charge in [-0.2, -0.15) is 4.68 Å². The molecule has 0 bridgehead atoms. The van der Waals surface area contributed by atoms with E-state index in [0.717, 1.165) is 16.5 Å². The fraction of sp³-hybridized carbons (Fsp3) is 0.333. The number of aromatic nitrogens is 6. The Morgan fingerprint density at radius 1 is 1.26 bits per heavy atom. The molecule has 1 aromatic carbocycles. The number of hydrogen-bond donors (Lipinski definition) is 1. The van der Waals surface area contributed by atoms with Gasteiger partial charge in [-0.05, 0) is 29.0 Å². The number of thioether (sulfide) groups is 2. The zero-order valence-corrected chi connectivity index (χ0v) is 17.1. The monoisotopic (exact) mass is 423 g/mol. The van der Waals surface area contributed by atoms with Crippen LogP contribution in [0.3, 0.4) is 0 Å². The average Bonchev–Trinajstić information content (AvgIpc) is 3.34. The van der Waals surface area contributed by atoms with E-state index in [4.69, 9.17) is 4.74 Å². The van der Waals surface area contributed by atoms with Gasteiger partial charge in [0.05, 0.1) is 12.9 Å². The molecule has 0 radical (unpaired) electrons.